The van der Waals surface area contributed by atoms with Crippen molar-refractivity contribution < 1.29 is 41.0 Å². The smallest absolute Gasteiger partial charge is 0.329 e. The van der Waals surface area contributed by atoms with Gasteiger partial charge < -0.3 is 9.47 Å². The molecular formula is C17H19F5O4. The molecule has 0 atom stereocenters. The highest BCUT2D eigenvalue weighted by molar-refractivity contribution is 6.00. The summed E-state index contributed by atoms with van der Waals surface area (Å²) in [5.74, 6) is -15.7. The van der Waals surface area contributed by atoms with Gasteiger partial charge in [-0.05, 0) is 19.3 Å². The Balaban J connectivity index is 3.22. The number of hydrogen-bond donors (Lipinski definition) is 0. The summed E-state index contributed by atoms with van der Waals surface area (Å²) in [5.41, 5.74) is -1.92. The van der Waals surface area contributed by atoms with Crippen LogP contribution in [0.15, 0.2) is 0 Å². The number of esters is 2. The second kappa shape index (κ2) is 8.95. The van der Waals surface area contributed by atoms with Gasteiger partial charge in [0.2, 0.25) is 34.8 Å². The second-order valence-corrected chi connectivity index (χ2v) is 5.57. The second-order valence-electron chi connectivity index (χ2n) is 5.57. The Morgan fingerprint density at radius 2 is 1.27 bits per heavy atom. The van der Waals surface area contributed by atoms with Crippen LogP contribution in [-0.2, 0) is 14.3 Å². The summed E-state index contributed by atoms with van der Waals surface area (Å²) < 4.78 is 76.3. The van der Waals surface area contributed by atoms with Crippen molar-refractivity contribution in [2.75, 3.05) is 6.61 Å². The molecule has 146 valence electrons. The van der Waals surface area contributed by atoms with Crippen LogP contribution in [0.25, 0.3) is 0 Å². The summed E-state index contributed by atoms with van der Waals surface area (Å²) in [6.07, 6.45) is 0.945. The van der Waals surface area contributed by atoms with E-state index in [1.165, 1.54) is 13.8 Å². The van der Waals surface area contributed by atoms with Gasteiger partial charge in [0.05, 0.1) is 6.61 Å². The molecule has 0 bridgehead atoms. The summed E-state index contributed by atoms with van der Waals surface area (Å²) >= 11 is 0. The van der Waals surface area contributed by atoms with Crippen molar-refractivity contribution in [2.45, 2.75) is 46.5 Å². The van der Waals surface area contributed by atoms with Gasteiger partial charge in [-0.1, -0.05) is 27.2 Å². The first kappa shape index (κ1) is 21.9. The molecule has 0 aliphatic heterocycles. The van der Waals surface area contributed by atoms with Crippen molar-refractivity contribution in [1.82, 2.24) is 0 Å². The lowest BCUT2D eigenvalue weighted by molar-refractivity contribution is -0.168. The third kappa shape index (κ3) is 3.96. The van der Waals surface area contributed by atoms with E-state index < -0.39 is 52.2 Å². The molecule has 0 fully saturated rings. The molecule has 0 radical (unpaired) electrons. The van der Waals surface area contributed by atoms with Crippen LogP contribution in [0, 0.1) is 34.5 Å². The first-order valence-corrected chi connectivity index (χ1v) is 8.08. The molecule has 0 saturated heterocycles. The van der Waals surface area contributed by atoms with Crippen molar-refractivity contribution in [3.63, 3.8) is 0 Å². The zero-order chi connectivity index (χ0) is 20.1. The van der Waals surface area contributed by atoms with Gasteiger partial charge in [-0.25, -0.2) is 13.2 Å². The van der Waals surface area contributed by atoms with E-state index in [1.54, 1.807) is 0 Å². The average Bonchev–Trinajstić information content (AvgIpc) is 2.63. The molecule has 1 rings (SSSR count). The van der Waals surface area contributed by atoms with E-state index in [0.29, 0.717) is 12.8 Å². The van der Waals surface area contributed by atoms with Crippen molar-refractivity contribution >= 4 is 11.9 Å². The van der Waals surface area contributed by atoms with E-state index in [0.717, 1.165) is 0 Å². The van der Waals surface area contributed by atoms with Crippen molar-refractivity contribution in [3.05, 3.63) is 29.1 Å². The molecule has 0 aliphatic carbocycles. The molecule has 0 unspecified atom stereocenters. The summed E-state index contributed by atoms with van der Waals surface area (Å²) in [4.78, 5) is 24.7. The fourth-order valence-corrected chi connectivity index (χ4v) is 2.22. The highest BCUT2D eigenvalue weighted by atomic mass is 19.2. The maximum absolute atomic E-state index is 13.7. The number of rotatable bonds is 8. The summed E-state index contributed by atoms with van der Waals surface area (Å²) in [6.45, 7) is 4.74. The maximum atomic E-state index is 13.7. The predicted octanol–water partition coefficient (Wildman–Crippen LogP) is 4.44. The van der Waals surface area contributed by atoms with Crippen LogP contribution in [0.5, 0.6) is 5.75 Å². The largest absolute Gasteiger partial charge is 0.465 e. The number of benzene rings is 1. The van der Waals surface area contributed by atoms with E-state index in [2.05, 4.69) is 4.74 Å². The highest BCUT2D eigenvalue weighted by Crippen LogP contribution is 2.34. The van der Waals surface area contributed by atoms with E-state index in [4.69, 9.17) is 4.74 Å². The SMILES string of the molecule is CCCCOC(=O)C(CC)(CC)C(=O)Oc1c(F)c(F)c(F)c(F)c1F. The standard InChI is InChI=1S/C17H19F5O4/c1-4-7-8-25-15(23)17(5-2,6-3)16(24)26-14-12(21)10(19)9(18)11(20)13(14)22/h4-8H2,1-3H3. The van der Waals surface area contributed by atoms with Crippen molar-refractivity contribution in [2.24, 2.45) is 5.41 Å². The Hall–Kier alpha value is -2.19. The Morgan fingerprint density at radius 1 is 0.808 bits per heavy atom. The van der Waals surface area contributed by atoms with E-state index in [1.807, 2.05) is 6.92 Å². The van der Waals surface area contributed by atoms with Gasteiger partial charge in [-0.2, -0.15) is 8.78 Å². The van der Waals surface area contributed by atoms with E-state index >= 15 is 0 Å². The molecule has 0 saturated carbocycles. The number of halogens is 5. The van der Waals surface area contributed by atoms with Gasteiger partial charge >= 0.3 is 11.9 Å². The number of unbranched alkanes of at least 4 members (excludes halogenated alkanes) is 1. The Labute approximate surface area is 147 Å². The Morgan fingerprint density at radius 3 is 1.69 bits per heavy atom. The molecule has 1 aromatic carbocycles. The van der Waals surface area contributed by atoms with Crippen LogP contribution < -0.4 is 4.74 Å². The molecular weight excluding hydrogens is 363 g/mol. The number of ether oxygens (including phenoxy) is 2. The van der Waals surface area contributed by atoms with Crippen LogP contribution in [-0.4, -0.2) is 18.5 Å². The van der Waals surface area contributed by atoms with Gasteiger partial charge in [-0.15, -0.1) is 0 Å². The summed E-state index contributed by atoms with van der Waals surface area (Å²) in [6, 6.07) is 0. The van der Waals surface area contributed by atoms with Crippen molar-refractivity contribution in [1.29, 1.82) is 0 Å². The van der Waals surface area contributed by atoms with Gasteiger partial charge in [0.15, 0.2) is 5.41 Å². The van der Waals surface area contributed by atoms with Crippen LogP contribution >= 0.6 is 0 Å². The molecule has 4 nitrogen and oxygen atoms in total. The third-order valence-electron chi connectivity index (χ3n) is 4.08. The first-order valence-electron chi connectivity index (χ1n) is 8.08. The predicted molar refractivity (Wildman–Crippen MR) is 80.7 cm³/mol. The van der Waals surface area contributed by atoms with Gasteiger partial charge in [0.25, 0.3) is 0 Å². The normalized spacial score (nSPS) is 11.4. The lowest BCUT2D eigenvalue weighted by Crippen LogP contribution is -2.43. The zero-order valence-corrected chi connectivity index (χ0v) is 14.6. The van der Waals surface area contributed by atoms with Crippen LogP contribution in [0.4, 0.5) is 22.0 Å². The molecule has 0 N–H and O–H groups in total. The zero-order valence-electron chi connectivity index (χ0n) is 14.6. The lowest BCUT2D eigenvalue weighted by atomic mass is 9.82. The van der Waals surface area contributed by atoms with Gasteiger partial charge in [0.1, 0.15) is 0 Å². The number of hydrogen-bond acceptors (Lipinski definition) is 4. The topological polar surface area (TPSA) is 52.6 Å². The average molecular weight is 382 g/mol. The first-order chi connectivity index (χ1) is 12.2. The van der Waals surface area contributed by atoms with Gasteiger partial charge in [-0.3, -0.25) is 9.59 Å². The van der Waals surface area contributed by atoms with Crippen molar-refractivity contribution in [3.8, 4) is 5.75 Å². The minimum absolute atomic E-state index is 0.0207. The molecule has 0 amide bonds. The third-order valence-corrected chi connectivity index (χ3v) is 4.08. The summed E-state index contributed by atoms with van der Waals surface area (Å²) in [5, 5.41) is 0. The highest BCUT2D eigenvalue weighted by Gasteiger charge is 2.47. The molecule has 0 aliphatic rings. The van der Waals surface area contributed by atoms with Crippen LogP contribution in [0.2, 0.25) is 0 Å². The fourth-order valence-electron chi connectivity index (χ4n) is 2.22. The van der Waals surface area contributed by atoms with E-state index in [9.17, 15) is 31.5 Å². The Kier molecular flexibility index (Phi) is 7.53. The van der Waals surface area contributed by atoms with Crippen LogP contribution in [0.3, 0.4) is 0 Å². The fraction of sp³-hybridized carbons (Fsp3) is 0.529. The minimum atomic E-state index is -2.38. The Bertz CT molecular complexity index is 657. The van der Waals surface area contributed by atoms with E-state index in [-0.39, 0.29) is 19.4 Å². The van der Waals surface area contributed by atoms with Gasteiger partial charge in [0, 0.05) is 0 Å². The maximum Gasteiger partial charge on any atom is 0.329 e. The lowest BCUT2D eigenvalue weighted by Gasteiger charge is -2.27. The quantitative estimate of drug-likeness (QED) is 0.127. The minimum Gasteiger partial charge on any atom is -0.465 e. The number of carbonyl (C=O) groups is 2. The molecule has 0 spiro atoms. The summed E-state index contributed by atoms with van der Waals surface area (Å²) in [7, 11) is 0. The monoisotopic (exact) mass is 382 g/mol. The molecule has 0 heterocycles. The van der Waals surface area contributed by atoms with Crippen LogP contribution in [0.1, 0.15) is 46.5 Å². The molecule has 26 heavy (non-hydrogen) atoms. The number of carbonyl (C=O) groups excluding carboxylic acids is 2. The molecule has 0 aromatic heterocycles. The molecule has 9 heteroatoms. The molecule has 1 aromatic rings.